The van der Waals surface area contributed by atoms with Crippen molar-refractivity contribution in [1.82, 2.24) is 9.80 Å². The number of rotatable bonds is 9. The molecule has 3 nitrogen and oxygen atoms in total. The molecule has 0 aromatic carbocycles. The molecule has 0 spiro atoms. The standard InChI is InChI=1S/C13H31N3/c1-13(2,8-9-14)7-6-10-16(5)12-11-15(3)4/h6-12,14H2,1-5H3. The molecule has 0 aliphatic carbocycles. The lowest BCUT2D eigenvalue weighted by molar-refractivity contribution is 0.246. The van der Waals surface area contributed by atoms with Crippen LogP contribution in [0.1, 0.15) is 33.1 Å². The largest absolute Gasteiger partial charge is 0.330 e. The molecule has 0 radical (unpaired) electrons. The summed E-state index contributed by atoms with van der Waals surface area (Å²) in [5.74, 6) is 0. The molecule has 2 N–H and O–H groups in total. The lowest BCUT2D eigenvalue weighted by Crippen LogP contribution is -2.30. The van der Waals surface area contributed by atoms with Crippen LogP contribution in [0, 0.1) is 5.41 Å². The van der Waals surface area contributed by atoms with Gasteiger partial charge in [0.25, 0.3) is 0 Å². The molecule has 0 saturated heterocycles. The highest BCUT2D eigenvalue weighted by Gasteiger charge is 2.16. The van der Waals surface area contributed by atoms with Crippen LogP contribution in [-0.2, 0) is 0 Å². The first-order chi connectivity index (χ1) is 7.37. The summed E-state index contributed by atoms with van der Waals surface area (Å²) in [4.78, 5) is 4.65. The van der Waals surface area contributed by atoms with E-state index in [1.807, 2.05) is 0 Å². The predicted octanol–water partition coefficient (Wildman–Crippen LogP) is 1.64. The average Bonchev–Trinajstić information content (AvgIpc) is 2.14. The molecule has 0 atom stereocenters. The minimum Gasteiger partial charge on any atom is -0.330 e. The Labute approximate surface area is 102 Å². The van der Waals surface area contributed by atoms with E-state index in [4.69, 9.17) is 5.73 Å². The summed E-state index contributed by atoms with van der Waals surface area (Å²) in [6.07, 6.45) is 3.68. The Morgan fingerprint density at radius 2 is 1.56 bits per heavy atom. The number of nitrogens with two attached hydrogens (primary N) is 1. The summed E-state index contributed by atoms with van der Waals surface area (Å²) in [5, 5.41) is 0. The maximum absolute atomic E-state index is 5.61. The van der Waals surface area contributed by atoms with Crippen molar-refractivity contribution in [2.24, 2.45) is 11.1 Å². The molecular weight excluding hydrogens is 198 g/mol. The van der Waals surface area contributed by atoms with E-state index in [0.29, 0.717) is 5.41 Å². The molecule has 0 fully saturated rings. The molecule has 0 aromatic heterocycles. The Bertz CT molecular complexity index is 167. The molecule has 16 heavy (non-hydrogen) atoms. The number of nitrogens with zero attached hydrogens (tertiary/aromatic N) is 2. The van der Waals surface area contributed by atoms with E-state index < -0.39 is 0 Å². The second kappa shape index (κ2) is 8.04. The summed E-state index contributed by atoms with van der Waals surface area (Å²) in [6, 6.07) is 0. The highest BCUT2D eigenvalue weighted by atomic mass is 15.1. The number of hydrogen-bond acceptors (Lipinski definition) is 3. The van der Waals surface area contributed by atoms with Gasteiger partial charge in [-0.3, -0.25) is 0 Å². The third kappa shape index (κ3) is 9.13. The molecule has 0 aliphatic heterocycles. The summed E-state index contributed by atoms with van der Waals surface area (Å²) >= 11 is 0. The zero-order chi connectivity index (χ0) is 12.6. The Balaban J connectivity index is 3.57. The van der Waals surface area contributed by atoms with Gasteiger partial charge in [0.15, 0.2) is 0 Å². The van der Waals surface area contributed by atoms with Crippen LogP contribution in [0.2, 0.25) is 0 Å². The fourth-order valence-corrected chi connectivity index (χ4v) is 1.83. The predicted molar refractivity (Wildman–Crippen MR) is 72.7 cm³/mol. The highest BCUT2D eigenvalue weighted by molar-refractivity contribution is 4.69. The van der Waals surface area contributed by atoms with Crippen LogP contribution >= 0.6 is 0 Å². The van der Waals surface area contributed by atoms with Gasteiger partial charge in [-0.25, -0.2) is 0 Å². The molecule has 0 rings (SSSR count). The number of likely N-dealkylation sites (N-methyl/N-ethyl adjacent to an activating group) is 2. The zero-order valence-electron chi connectivity index (χ0n) is 11.9. The van der Waals surface area contributed by atoms with Crippen molar-refractivity contribution in [3.63, 3.8) is 0 Å². The minimum atomic E-state index is 0.414. The van der Waals surface area contributed by atoms with E-state index in [9.17, 15) is 0 Å². The Morgan fingerprint density at radius 3 is 2.06 bits per heavy atom. The van der Waals surface area contributed by atoms with E-state index in [0.717, 1.165) is 26.1 Å². The van der Waals surface area contributed by atoms with Crippen LogP contribution < -0.4 is 5.73 Å². The van der Waals surface area contributed by atoms with E-state index in [1.165, 1.54) is 19.4 Å². The summed E-state index contributed by atoms with van der Waals surface area (Å²) in [6.45, 7) is 8.94. The minimum absolute atomic E-state index is 0.414. The Morgan fingerprint density at radius 1 is 0.938 bits per heavy atom. The van der Waals surface area contributed by atoms with Gasteiger partial charge in [0.1, 0.15) is 0 Å². The average molecular weight is 229 g/mol. The van der Waals surface area contributed by atoms with Gasteiger partial charge in [0.05, 0.1) is 0 Å². The smallest absolute Gasteiger partial charge is 0.0106 e. The van der Waals surface area contributed by atoms with Crippen LogP contribution in [0.4, 0.5) is 0 Å². The lowest BCUT2D eigenvalue weighted by atomic mass is 9.84. The van der Waals surface area contributed by atoms with Crippen LogP contribution in [0.15, 0.2) is 0 Å². The van der Waals surface area contributed by atoms with Gasteiger partial charge in [0.2, 0.25) is 0 Å². The zero-order valence-corrected chi connectivity index (χ0v) is 11.9. The van der Waals surface area contributed by atoms with Gasteiger partial charge < -0.3 is 15.5 Å². The van der Waals surface area contributed by atoms with Crippen LogP contribution in [0.5, 0.6) is 0 Å². The molecule has 0 heterocycles. The lowest BCUT2D eigenvalue weighted by Gasteiger charge is -2.25. The van der Waals surface area contributed by atoms with Gasteiger partial charge in [-0.1, -0.05) is 13.8 Å². The Kier molecular flexibility index (Phi) is 7.98. The molecule has 0 bridgehead atoms. The maximum Gasteiger partial charge on any atom is 0.0106 e. The SMILES string of the molecule is CN(C)CCN(C)CCCC(C)(C)CCN. The third-order valence-electron chi connectivity index (χ3n) is 3.14. The topological polar surface area (TPSA) is 32.5 Å². The first kappa shape index (κ1) is 15.9. The monoisotopic (exact) mass is 229 g/mol. The molecule has 0 unspecified atom stereocenters. The molecule has 0 aromatic rings. The molecule has 0 saturated carbocycles. The molecule has 3 heteroatoms. The summed E-state index contributed by atoms with van der Waals surface area (Å²) in [7, 11) is 6.45. The van der Waals surface area contributed by atoms with E-state index in [-0.39, 0.29) is 0 Å². The van der Waals surface area contributed by atoms with Crippen molar-refractivity contribution in [3.05, 3.63) is 0 Å². The first-order valence-electron chi connectivity index (χ1n) is 6.41. The third-order valence-corrected chi connectivity index (χ3v) is 3.14. The Hall–Kier alpha value is -0.120. The quantitative estimate of drug-likeness (QED) is 0.652. The van der Waals surface area contributed by atoms with Crippen LogP contribution in [0.3, 0.4) is 0 Å². The molecule has 98 valence electrons. The maximum atomic E-state index is 5.61. The number of hydrogen-bond donors (Lipinski definition) is 1. The van der Waals surface area contributed by atoms with E-state index in [1.54, 1.807) is 0 Å². The van der Waals surface area contributed by atoms with Gasteiger partial charge in [-0.2, -0.15) is 0 Å². The second-order valence-electron chi connectivity index (χ2n) is 5.91. The van der Waals surface area contributed by atoms with Crippen molar-refractivity contribution in [1.29, 1.82) is 0 Å². The molecule has 0 amide bonds. The first-order valence-corrected chi connectivity index (χ1v) is 6.41. The van der Waals surface area contributed by atoms with E-state index >= 15 is 0 Å². The van der Waals surface area contributed by atoms with Gasteiger partial charge in [-0.15, -0.1) is 0 Å². The van der Waals surface area contributed by atoms with Gasteiger partial charge in [-0.05, 0) is 58.9 Å². The second-order valence-corrected chi connectivity index (χ2v) is 5.91. The van der Waals surface area contributed by atoms with Crippen molar-refractivity contribution in [3.8, 4) is 0 Å². The van der Waals surface area contributed by atoms with Crippen molar-refractivity contribution in [2.75, 3.05) is 47.3 Å². The van der Waals surface area contributed by atoms with E-state index in [2.05, 4.69) is 44.8 Å². The van der Waals surface area contributed by atoms with Crippen molar-refractivity contribution in [2.45, 2.75) is 33.1 Å². The van der Waals surface area contributed by atoms with Crippen LogP contribution in [-0.4, -0.2) is 57.1 Å². The fourth-order valence-electron chi connectivity index (χ4n) is 1.83. The van der Waals surface area contributed by atoms with Crippen LogP contribution in [0.25, 0.3) is 0 Å². The fraction of sp³-hybridized carbons (Fsp3) is 1.00. The molecule has 0 aliphatic rings. The highest BCUT2D eigenvalue weighted by Crippen LogP contribution is 2.25. The van der Waals surface area contributed by atoms with Crippen molar-refractivity contribution < 1.29 is 0 Å². The van der Waals surface area contributed by atoms with Gasteiger partial charge in [0, 0.05) is 13.1 Å². The molecular formula is C13H31N3. The van der Waals surface area contributed by atoms with Gasteiger partial charge >= 0.3 is 0 Å². The summed E-state index contributed by atoms with van der Waals surface area (Å²) < 4.78 is 0. The van der Waals surface area contributed by atoms with Crippen molar-refractivity contribution >= 4 is 0 Å². The normalized spacial score (nSPS) is 12.8. The summed E-state index contributed by atoms with van der Waals surface area (Å²) in [5.41, 5.74) is 6.03.